The van der Waals surface area contributed by atoms with Crippen molar-refractivity contribution < 1.29 is 13.2 Å². The number of alkyl halides is 3. The smallest absolute Gasteiger partial charge is 0.353 e. The van der Waals surface area contributed by atoms with E-state index in [1.165, 1.54) is 0 Å². The van der Waals surface area contributed by atoms with Crippen LogP contribution in [0.2, 0.25) is 5.02 Å². The van der Waals surface area contributed by atoms with Crippen molar-refractivity contribution in [2.45, 2.75) is 13.1 Å². The van der Waals surface area contributed by atoms with Crippen LogP contribution in [0.4, 0.5) is 24.8 Å². The van der Waals surface area contributed by atoms with Crippen LogP contribution < -0.4 is 9.80 Å². The zero-order chi connectivity index (χ0) is 17.3. The normalized spacial score (nSPS) is 15.7. The number of aromatic nitrogens is 2. The first-order chi connectivity index (χ1) is 11.3. The zero-order valence-electron chi connectivity index (χ0n) is 13.0. The van der Waals surface area contributed by atoms with E-state index >= 15 is 0 Å². The van der Waals surface area contributed by atoms with Crippen molar-refractivity contribution in [2.75, 3.05) is 36.0 Å². The van der Waals surface area contributed by atoms with E-state index < -0.39 is 11.7 Å². The first-order valence-corrected chi connectivity index (χ1v) is 7.89. The van der Waals surface area contributed by atoms with Crippen molar-refractivity contribution in [1.29, 1.82) is 0 Å². The average molecular weight is 357 g/mol. The fraction of sp³-hybridized carbons (Fsp3) is 0.375. The van der Waals surface area contributed by atoms with Gasteiger partial charge >= 0.3 is 6.18 Å². The van der Waals surface area contributed by atoms with Crippen molar-refractivity contribution in [1.82, 2.24) is 9.97 Å². The van der Waals surface area contributed by atoms with Crippen molar-refractivity contribution in [3.63, 3.8) is 0 Å². The van der Waals surface area contributed by atoms with Gasteiger partial charge in [0.2, 0.25) is 0 Å². The van der Waals surface area contributed by atoms with Crippen LogP contribution in [0.25, 0.3) is 0 Å². The lowest BCUT2D eigenvalue weighted by Gasteiger charge is -2.36. The minimum Gasteiger partial charge on any atom is -0.353 e. The van der Waals surface area contributed by atoms with E-state index in [4.69, 9.17) is 11.6 Å². The monoisotopic (exact) mass is 356 g/mol. The fourth-order valence-electron chi connectivity index (χ4n) is 2.67. The maximum atomic E-state index is 12.7. The highest BCUT2D eigenvalue weighted by Crippen LogP contribution is 2.33. The molecule has 0 aromatic carbocycles. The number of hydrogen-bond donors (Lipinski definition) is 0. The topological polar surface area (TPSA) is 32.3 Å². The number of nitrogens with zero attached hydrogens (tertiary/aromatic N) is 4. The predicted molar refractivity (Wildman–Crippen MR) is 87.6 cm³/mol. The van der Waals surface area contributed by atoms with Crippen LogP contribution in [0.5, 0.6) is 0 Å². The molecule has 0 saturated carbocycles. The Labute approximate surface area is 142 Å². The van der Waals surface area contributed by atoms with Crippen molar-refractivity contribution >= 4 is 23.2 Å². The Morgan fingerprint density at radius 1 is 1.08 bits per heavy atom. The summed E-state index contributed by atoms with van der Waals surface area (Å²) in [4.78, 5) is 12.4. The number of pyridine rings is 2. The average Bonchev–Trinajstić information content (AvgIpc) is 2.54. The number of halogens is 4. The third-order valence-corrected chi connectivity index (χ3v) is 4.20. The molecule has 0 radical (unpaired) electrons. The molecule has 0 N–H and O–H groups in total. The highest BCUT2D eigenvalue weighted by Gasteiger charge is 2.32. The van der Waals surface area contributed by atoms with Gasteiger partial charge in [-0.05, 0) is 25.1 Å². The second-order valence-electron chi connectivity index (χ2n) is 5.64. The summed E-state index contributed by atoms with van der Waals surface area (Å²) in [6, 6.07) is 6.77. The molecule has 0 atom stereocenters. The number of aryl methyl sites for hydroxylation is 1. The van der Waals surface area contributed by atoms with E-state index in [9.17, 15) is 13.2 Å². The molecule has 8 heteroatoms. The maximum Gasteiger partial charge on any atom is 0.417 e. The van der Waals surface area contributed by atoms with Gasteiger partial charge < -0.3 is 9.80 Å². The summed E-state index contributed by atoms with van der Waals surface area (Å²) in [6.45, 7) is 4.58. The third-order valence-electron chi connectivity index (χ3n) is 3.93. The van der Waals surface area contributed by atoms with E-state index in [2.05, 4.69) is 14.9 Å². The van der Waals surface area contributed by atoms with E-state index in [1.54, 1.807) is 0 Å². The summed E-state index contributed by atoms with van der Waals surface area (Å²) in [7, 11) is 0. The molecule has 4 nitrogen and oxygen atoms in total. The standard InChI is InChI=1S/C16H16ClF3N4/c1-11-3-2-4-14(22-11)23-5-7-24(8-6-23)15-13(17)9-12(10-21-15)16(18,19)20/h2-4,9-10H,5-8H2,1H3. The number of hydrogen-bond acceptors (Lipinski definition) is 4. The van der Waals surface area contributed by atoms with Gasteiger partial charge in [0.1, 0.15) is 11.6 Å². The Morgan fingerprint density at radius 3 is 2.33 bits per heavy atom. The Balaban J connectivity index is 1.71. The highest BCUT2D eigenvalue weighted by molar-refractivity contribution is 6.33. The molecule has 1 fully saturated rings. The molecule has 0 spiro atoms. The molecule has 24 heavy (non-hydrogen) atoms. The molecule has 1 aliphatic heterocycles. The molecule has 2 aromatic heterocycles. The van der Waals surface area contributed by atoms with Crippen LogP contribution in [0.1, 0.15) is 11.3 Å². The quantitative estimate of drug-likeness (QED) is 0.819. The zero-order valence-corrected chi connectivity index (χ0v) is 13.8. The Hall–Kier alpha value is -2.02. The molecular weight excluding hydrogens is 341 g/mol. The van der Waals surface area contributed by atoms with E-state index in [0.717, 1.165) is 23.8 Å². The Kier molecular flexibility index (Phi) is 4.54. The minimum absolute atomic E-state index is 0.0203. The van der Waals surface area contributed by atoms with Crippen molar-refractivity contribution in [3.05, 3.63) is 46.7 Å². The number of rotatable bonds is 2. The molecule has 0 amide bonds. The second-order valence-corrected chi connectivity index (χ2v) is 6.05. The first-order valence-electron chi connectivity index (χ1n) is 7.51. The lowest BCUT2D eigenvalue weighted by molar-refractivity contribution is -0.137. The van der Waals surface area contributed by atoms with Crippen LogP contribution >= 0.6 is 11.6 Å². The molecule has 128 valence electrons. The summed E-state index contributed by atoms with van der Waals surface area (Å²) in [5.74, 6) is 1.29. The summed E-state index contributed by atoms with van der Waals surface area (Å²) in [5.41, 5.74) is 0.112. The molecule has 1 saturated heterocycles. The molecule has 3 rings (SSSR count). The number of anilines is 2. The van der Waals surface area contributed by atoms with E-state index in [1.807, 2.05) is 30.0 Å². The van der Waals surface area contributed by atoms with Crippen molar-refractivity contribution in [2.24, 2.45) is 0 Å². The van der Waals surface area contributed by atoms with Crippen LogP contribution in [0.15, 0.2) is 30.5 Å². The van der Waals surface area contributed by atoms with Crippen molar-refractivity contribution in [3.8, 4) is 0 Å². The van der Waals surface area contributed by atoms with E-state index in [-0.39, 0.29) is 5.02 Å². The molecule has 0 bridgehead atoms. The Morgan fingerprint density at radius 2 is 1.75 bits per heavy atom. The van der Waals surface area contributed by atoms with Gasteiger partial charge in [0.05, 0.1) is 10.6 Å². The molecule has 2 aromatic rings. The van der Waals surface area contributed by atoms with Gasteiger partial charge in [0.15, 0.2) is 0 Å². The third kappa shape index (κ3) is 3.56. The number of piperazine rings is 1. The maximum absolute atomic E-state index is 12.7. The van der Waals surface area contributed by atoms with Gasteiger partial charge in [-0.15, -0.1) is 0 Å². The largest absolute Gasteiger partial charge is 0.417 e. The lowest BCUT2D eigenvalue weighted by Crippen LogP contribution is -2.47. The lowest BCUT2D eigenvalue weighted by atomic mass is 10.2. The van der Waals surface area contributed by atoms with Gasteiger partial charge in [-0.1, -0.05) is 17.7 Å². The molecule has 3 heterocycles. The summed E-state index contributed by atoms with van der Waals surface area (Å²) in [5, 5.41) is 0.0203. The summed E-state index contributed by atoms with van der Waals surface area (Å²) >= 11 is 6.01. The molecular formula is C16H16ClF3N4. The van der Waals surface area contributed by atoms with Crippen LogP contribution in [0, 0.1) is 6.92 Å². The second kappa shape index (κ2) is 6.47. The van der Waals surface area contributed by atoms with Crippen LogP contribution in [-0.4, -0.2) is 36.1 Å². The van der Waals surface area contributed by atoms with Gasteiger partial charge in [0.25, 0.3) is 0 Å². The molecule has 0 unspecified atom stereocenters. The van der Waals surface area contributed by atoms with Gasteiger partial charge in [-0.2, -0.15) is 13.2 Å². The Bertz CT molecular complexity index is 728. The van der Waals surface area contributed by atoms with Gasteiger partial charge in [-0.25, -0.2) is 9.97 Å². The van der Waals surface area contributed by atoms with Gasteiger partial charge in [0, 0.05) is 38.1 Å². The van der Waals surface area contributed by atoms with Crippen LogP contribution in [-0.2, 0) is 6.18 Å². The van der Waals surface area contributed by atoms with Crippen LogP contribution in [0.3, 0.4) is 0 Å². The van der Waals surface area contributed by atoms with E-state index in [0.29, 0.717) is 32.0 Å². The highest BCUT2D eigenvalue weighted by atomic mass is 35.5. The minimum atomic E-state index is -4.44. The van der Waals surface area contributed by atoms with Gasteiger partial charge in [-0.3, -0.25) is 0 Å². The predicted octanol–water partition coefficient (Wildman–Crippen LogP) is 3.78. The first kappa shape index (κ1) is 16.8. The SMILES string of the molecule is Cc1cccc(N2CCN(c3ncc(C(F)(F)F)cc3Cl)CC2)n1. The molecule has 1 aliphatic rings. The summed E-state index contributed by atoms with van der Waals surface area (Å²) in [6.07, 6.45) is -3.61. The summed E-state index contributed by atoms with van der Waals surface area (Å²) < 4.78 is 38.1. The molecule has 0 aliphatic carbocycles. The fourth-order valence-corrected chi connectivity index (χ4v) is 2.96.